The van der Waals surface area contributed by atoms with Crippen LogP contribution >= 0.6 is 0 Å². The molecule has 1 aromatic heterocycles. The molecule has 4 rings (SSSR count). The molecule has 1 aliphatic carbocycles. The molecule has 0 spiro atoms. The summed E-state index contributed by atoms with van der Waals surface area (Å²) in [5.41, 5.74) is 1.30. The molecule has 1 fully saturated rings. The zero-order valence-electron chi connectivity index (χ0n) is 20.4. The SMILES string of the molecule is CCCCN1C(=O)c2cc(C(=O)Nc3ccc(CC)cc3)nn2C[C@]1(C)C(=O)NC1CCCC1. The molecular formula is C26H35N5O3. The number of unbranched alkanes of at least 4 members (excludes halogenated alkanes) is 1. The highest BCUT2D eigenvalue weighted by Gasteiger charge is 2.48. The molecule has 0 radical (unpaired) electrons. The van der Waals surface area contributed by atoms with Gasteiger partial charge in [-0.2, -0.15) is 5.10 Å². The van der Waals surface area contributed by atoms with Crippen molar-refractivity contribution < 1.29 is 14.4 Å². The van der Waals surface area contributed by atoms with E-state index in [4.69, 9.17) is 0 Å². The Balaban J connectivity index is 1.57. The summed E-state index contributed by atoms with van der Waals surface area (Å²) in [5, 5.41) is 10.4. The average Bonchev–Trinajstić information content (AvgIpc) is 3.49. The topological polar surface area (TPSA) is 96.3 Å². The number of nitrogens with one attached hydrogen (secondary N) is 2. The maximum absolute atomic E-state index is 13.5. The molecule has 2 aliphatic rings. The van der Waals surface area contributed by atoms with Gasteiger partial charge < -0.3 is 15.5 Å². The van der Waals surface area contributed by atoms with Gasteiger partial charge in [0.2, 0.25) is 5.91 Å². The molecule has 2 heterocycles. The molecule has 34 heavy (non-hydrogen) atoms. The quantitative estimate of drug-likeness (QED) is 0.620. The molecule has 3 amide bonds. The van der Waals surface area contributed by atoms with Crippen molar-refractivity contribution in [3.8, 4) is 0 Å². The van der Waals surface area contributed by atoms with Crippen LogP contribution in [-0.4, -0.2) is 50.5 Å². The molecular weight excluding hydrogens is 430 g/mol. The number of hydrogen-bond acceptors (Lipinski definition) is 4. The number of nitrogens with zero attached hydrogens (tertiary/aromatic N) is 3. The number of aryl methyl sites for hydroxylation is 1. The van der Waals surface area contributed by atoms with Crippen molar-refractivity contribution >= 4 is 23.4 Å². The van der Waals surface area contributed by atoms with Crippen molar-refractivity contribution in [1.82, 2.24) is 20.0 Å². The van der Waals surface area contributed by atoms with Crippen molar-refractivity contribution in [2.24, 2.45) is 0 Å². The fourth-order valence-electron chi connectivity index (χ4n) is 4.85. The third-order valence-corrected chi connectivity index (χ3v) is 7.07. The summed E-state index contributed by atoms with van der Waals surface area (Å²) >= 11 is 0. The van der Waals surface area contributed by atoms with E-state index < -0.39 is 5.54 Å². The third kappa shape index (κ3) is 4.72. The van der Waals surface area contributed by atoms with Crippen molar-refractivity contribution in [2.75, 3.05) is 11.9 Å². The van der Waals surface area contributed by atoms with Crippen LogP contribution in [0.3, 0.4) is 0 Å². The summed E-state index contributed by atoms with van der Waals surface area (Å²) in [4.78, 5) is 41.5. The number of hydrogen-bond donors (Lipinski definition) is 2. The van der Waals surface area contributed by atoms with Gasteiger partial charge >= 0.3 is 0 Å². The second-order valence-electron chi connectivity index (χ2n) is 9.62. The number of carbonyl (C=O) groups is 3. The van der Waals surface area contributed by atoms with Gasteiger partial charge in [-0.1, -0.05) is 45.2 Å². The molecule has 1 atom stereocenters. The Hall–Kier alpha value is -3.16. The molecule has 1 aliphatic heterocycles. The fourth-order valence-corrected chi connectivity index (χ4v) is 4.85. The summed E-state index contributed by atoms with van der Waals surface area (Å²) in [6, 6.07) is 9.34. The average molecular weight is 466 g/mol. The van der Waals surface area contributed by atoms with Crippen LogP contribution in [0.1, 0.15) is 85.8 Å². The summed E-state index contributed by atoms with van der Waals surface area (Å²) in [7, 11) is 0. The lowest BCUT2D eigenvalue weighted by Gasteiger charge is -2.43. The monoisotopic (exact) mass is 465 g/mol. The molecule has 1 aromatic carbocycles. The smallest absolute Gasteiger partial charge is 0.276 e. The Morgan fingerprint density at radius 1 is 1.15 bits per heavy atom. The van der Waals surface area contributed by atoms with Crippen LogP contribution in [0.15, 0.2) is 30.3 Å². The van der Waals surface area contributed by atoms with Crippen LogP contribution in [0.5, 0.6) is 0 Å². The fraction of sp³-hybridized carbons (Fsp3) is 0.538. The summed E-state index contributed by atoms with van der Waals surface area (Å²) in [6.07, 6.45) is 6.81. The van der Waals surface area contributed by atoms with Crippen LogP contribution in [0.4, 0.5) is 5.69 Å². The van der Waals surface area contributed by atoms with E-state index in [-0.39, 0.29) is 36.0 Å². The highest BCUT2D eigenvalue weighted by Crippen LogP contribution is 2.29. The number of amides is 3. The van der Waals surface area contributed by atoms with Gasteiger partial charge in [0.05, 0.1) is 6.54 Å². The van der Waals surface area contributed by atoms with Gasteiger partial charge in [-0.15, -0.1) is 0 Å². The molecule has 2 N–H and O–H groups in total. The van der Waals surface area contributed by atoms with E-state index in [1.165, 1.54) is 16.3 Å². The van der Waals surface area contributed by atoms with E-state index in [0.717, 1.165) is 44.9 Å². The normalized spacial score (nSPS) is 20.3. The first-order chi connectivity index (χ1) is 16.4. The lowest BCUT2D eigenvalue weighted by atomic mass is 9.94. The number of rotatable bonds is 8. The number of aromatic nitrogens is 2. The standard InChI is InChI=1S/C26H35N5O3/c1-4-6-15-30-24(33)22-16-21(23(32)27-20-13-11-18(5-2)12-14-20)29-31(22)17-26(30,3)25(34)28-19-9-7-8-10-19/h11-14,16,19H,4-10,15,17H2,1-3H3,(H,27,32)(H,28,34)/t26-/m1/s1. The van der Waals surface area contributed by atoms with Crippen LogP contribution in [-0.2, 0) is 17.8 Å². The minimum Gasteiger partial charge on any atom is -0.351 e. The molecule has 0 unspecified atom stereocenters. The predicted molar refractivity (Wildman–Crippen MR) is 131 cm³/mol. The largest absolute Gasteiger partial charge is 0.351 e. The molecule has 0 bridgehead atoms. The van der Waals surface area contributed by atoms with Crippen LogP contribution in [0.2, 0.25) is 0 Å². The number of benzene rings is 1. The van der Waals surface area contributed by atoms with Crippen LogP contribution in [0.25, 0.3) is 0 Å². The maximum Gasteiger partial charge on any atom is 0.276 e. The highest BCUT2D eigenvalue weighted by molar-refractivity contribution is 6.06. The highest BCUT2D eigenvalue weighted by atomic mass is 16.2. The Labute approximate surface area is 201 Å². The van der Waals surface area contributed by atoms with Crippen molar-refractivity contribution in [1.29, 1.82) is 0 Å². The zero-order chi connectivity index (χ0) is 24.3. The molecule has 8 nitrogen and oxygen atoms in total. The molecule has 2 aromatic rings. The van der Waals surface area contributed by atoms with Gasteiger partial charge in [-0.3, -0.25) is 19.1 Å². The first-order valence-electron chi connectivity index (χ1n) is 12.5. The molecule has 182 valence electrons. The van der Waals surface area contributed by atoms with Crippen LogP contribution in [0, 0.1) is 0 Å². The molecule has 0 saturated heterocycles. The van der Waals surface area contributed by atoms with E-state index in [9.17, 15) is 14.4 Å². The first-order valence-corrected chi connectivity index (χ1v) is 12.5. The number of anilines is 1. The Morgan fingerprint density at radius 3 is 2.50 bits per heavy atom. The van der Waals surface area contributed by atoms with Gasteiger partial charge in [-0.05, 0) is 50.3 Å². The second kappa shape index (κ2) is 9.99. The van der Waals surface area contributed by atoms with Crippen molar-refractivity contribution in [2.45, 2.75) is 83.8 Å². The summed E-state index contributed by atoms with van der Waals surface area (Å²) in [6.45, 7) is 6.65. The minimum absolute atomic E-state index is 0.146. The molecule has 8 heteroatoms. The van der Waals surface area contributed by atoms with Gasteiger partial charge in [0, 0.05) is 24.3 Å². The van der Waals surface area contributed by atoms with E-state index in [2.05, 4.69) is 29.6 Å². The van der Waals surface area contributed by atoms with E-state index >= 15 is 0 Å². The Bertz CT molecular complexity index is 1050. The second-order valence-corrected chi connectivity index (χ2v) is 9.62. The van der Waals surface area contributed by atoms with Gasteiger partial charge in [-0.25, -0.2) is 0 Å². The lowest BCUT2D eigenvalue weighted by molar-refractivity contribution is -0.133. The number of carbonyl (C=O) groups excluding carboxylic acids is 3. The minimum atomic E-state index is -1.06. The lowest BCUT2D eigenvalue weighted by Crippen LogP contribution is -2.65. The van der Waals surface area contributed by atoms with Gasteiger partial charge in [0.15, 0.2) is 5.69 Å². The van der Waals surface area contributed by atoms with E-state index in [0.29, 0.717) is 17.9 Å². The third-order valence-electron chi connectivity index (χ3n) is 7.07. The van der Waals surface area contributed by atoms with E-state index in [1.54, 1.807) is 4.90 Å². The maximum atomic E-state index is 13.5. The summed E-state index contributed by atoms with van der Waals surface area (Å²) < 4.78 is 1.52. The predicted octanol–water partition coefficient (Wildman–Crippen LogP) is 3.77. The van der Waals surface area contributed by atoms with Gasteiger partial charge in [0.1, 0.15) is 11.2 Å². The first kappa shape index (κ1) is 24.0. The van der Waals surface area contributed by atoms with Crippen LogP contribution < -0.4 is 10.6 Å². The molecule has 1 saturated carbocycles. The van der Waals surface area contributed by atoms with E-state index in [1.807, 2.05) is 31.2 Å². The van der Waals surface area contributed by atoms with Crippen molar-refractivity contribution in [3.05, 3.63) is 47.3 Å². The van der Waals surface area contributed by atoms with Crippen molar-refractivity contribution in [3.63, 3.8) is 0 Å². The van der Waals surface area contributed by atoms with Gasteiger partial charge in [0.25, 0.3) is 11.8 Å². The Morgan fingerprint density at radius 2 is 1.85 bits per heavy atom. The Kier molecular flexibility index (Phi) is 7.05. The number of fused-ring (bicyclic) bond motifs is 1. The summed E-state index contributed by atoms with van der Waals surface area (Å²) in [5.74, 6) is -0.786. The zero-order valence-corrected chi connectivity index (χ0v) is 20.4.